The molecule has 1 N–H and O–H groups in total. The minimum atomic E-state index is -0.774. The van der Waals surface area contributed by atoms with E-state index in [0.717, 1.165) is 6.54 Å². The van der Waals surface area contributed by atoms with Crippen LogP contribution in [0.1, 0.15) is 0 Å². The van der Waals surface area contributed by atoms with Crippen LogP contribution in [0.5, 0.6) is 0 Å². The molecular weight excluding hydrogens is 346 g/mol. The number of fused-ring (bicyclic) bond motifs is 2. The Hall–Kier alpha value is -0.360. The van der Waals surface area contributed by atoms with Crippen molar-refractivity contribution in [3.63, 3.8) is 0 Å². The number of morpholine rings is 1. The summed E-state index contributed by atoms with van der Waals surface area (Å²) in [6.45, 7) is 7.41. The highest BCUT2D eigenvalue weighted by Crippen LogP contribution is 2.25. The summed E-state index contributed by atoms with van der Waals surface area (Å²) in [5.74, 6) is -0.774. The molecule has 0 aromatic rings. The summed E-state index contributed by atoms with van der Waals surface area (Å²) in [5.41, 5.74) is 0. The molecule has 1 spiro atoms. The molecule has 3 unspecified atom stereocenters. The Balaban J connectivity index is 1.47. The average molecular weight is 377 g/mol. The van der Waals surface area contributed by atoms with Gasteiger partial charge >= 0.3 is 0 Å². The van der Waals surface area contributed by atoms with Gasteiger partial charge in [0.1, 0.15) is 12.7 Å². The lowest BCUT2D eigenvalue weighted by Crippen LogP contribution is -2.62. The maximum Gasteiger partial charge on any atom is 0.205 e. The van der Waals surface area contributed by atoms with Crippen molar-refractivity contribution in [2.75, 3.05) is 92.4 Å². The van der Waals surface area contributed by atoms with Crippen LogP contribution in [0.15, 0.2) is 0 Å². The lowest BCUT2D eigenvalue weighted by Gasteiger charge is -2.45. The highest BCUT2D eigenvalue weighted by atomic mass is 16.8. The average Bonchev–Trinajstić information content (AvgIpc) is 2.64. The Morgan fingerprint density at radius 2 is 1.08 bits per heavy atom. The predicted molar refractivity (Wildman–Crippen MR) is 90.3 cm³/mol. The molecule has 9 nitrogen and oxygen atoms in total. The Kier molecular flexibility index (Phi) is 8.99. The molecule has 0 saturated carbocycles. The van der Waals surface area contributed by atoms with Crippen LogP contribution in [0.4, 0.5) is 0 Å². The first-order valence-corrected chi connectivity index (χ1v) is 9.39. The number of hydrogen-bond donors (Lipinski definition) is 1. The van der Waals surface area contributed by atoms with Crippen LogP contribution in [-0.2, 0) is 37.9 Å². The smallest absolute Gasteiger partial charge is 0.205 e. The standard InChI is InChI=1S/C17H31NO8/c1-3-20-5-7-22-10-15-9-18-13-17(25-15)14-24-12-16(26-17)11-23-8-6-21-4-2-19-1/h15-16,18H,1-14H2. The monoisotopic (exact) mass is 377 g/mol. The van der Waals surface area contributed by atoms with Crippen LogP contribution in [0.3, 0.4) is 0 Å². The number of hydrogen-bond acceptors (Lipinski definition) is 9. The Morgan fingerprint density at radius 3 is 1.73 bits per heavy atom. The zero-order valence-electron chi connectivity index (χ0n) is 15.3. The quantitative estimate of drug-likeness (QED) is 0.582. The summed E-state index contributed by atoms with van der Waals surface area (Å²) >= 11 is 0. The van der Waals surface area contributed by atoms with Crippen LogP contribution < -0.4 is 5.32 Å². The lowest BCUT2D eigenvalue weighted by atomic mass is 10.2. The van der Waals surface area contributed by atoms with Crippen LogP contribution in [0, 0.1) is 0 Å². The van der Waals surface area contributed by atoms with Gasteiger partial charge in [-0.25, -0.2) is 0 Å². The summed E-state index contributed by atoms with van der Waals surface area (Å²) < 4.78 is 45.7. The Labute approximate surface area is 154 Å². The molecule has 152 valence electrons. The van der Waals surface area contributed by atoms with E-state index in [0.29, 0.717) is 85.8 Å². The fourth-order valence-corrected chi connectivity index (χ4v) is 3.07. The topological polar surface area (TPSA) is 85.9 Å². The first-order valence-electron chi connectivity index (χ1n) is 9.39. The summed E-state index contributed by atoms with van der Waals surface area (Å²) in [6.07, 6.45) is -0.248. The molecule has 3 bridgehead atoms. The number of ether oxygens (including phenoxy) is 8. The van der Waals surface area contributed by atoms with Crippen LogP contribution >= 0.6 is 0 Å². The van der Waals surface area contributed by atoms with Gasteiger partial charge in [-0.3, -0.25) is 0 Å². The molecule has 3 heterocycles. The first-order chi connectivity index (χ1) is 12.9. The van der Waals surface area contributed by atoms with E-state index in [2.05, 4.69) is 5.32 Å². The SMILES string of the molecule is C1COCCOCC2CNCC3(COCC(COCCOCCO1)O3)O2. The van der Waals surface area contributed by atoms with Gasteiger partial charge in [0, 0.05) is 6.54 Å². The van der Waals surface area contributed by atoms with Crippen molar-refractivity contribution in [1.82, 2.24) is 5.32 Å². The zero-order valence-corrected chi connectivity index (χ0v) is 15.3. The first kappa shape index (κ1) is 20.4. The van der Waals surface area contributed by atoms with Gasteiger partial charge in [-0.2, -0.15) is 0 Å². The minimum absolute atomic E-state index is 0.0886. The van der Waals surface area contributed by atoms with Crippen LogP contribution in [0.25, 0.3) is 0 Å². The van der Waals surface area contributed by atoms with Crippen LogP contribution in [0.2, 0.25) is 0 Å². The van der Waals surface area contributed by atoms with Crippen molar-refractivity contribution < 1.29 is 37.9 Å². The van der Waals surface area contributed by atoms with E-state index >= 15 is 0 Å². The van der Waals surface area contributed by atoms with E-state index < -0.39 is 5.79 Å². The molecule has 9 heteroatoms. The summed E-state index contributed by atoms with van der Waals surface area (Å²) in [7, 11) is 0. The maximum absolute atomic E-state index is 6.15. The van der Waals surface area contributed by atoms with E-state index in [4.69, 9.17) is 37.9 Å². The summed E-state index contributed by atoms with van der Waals surface area (Å²) in [4.78, 5) is 0. The summed E-state index contributed by atoms with van der Waals surface area (Å²) in [6, 6.07) is 0. The molecule has 0 radical (unpaired) electrons. The Bertz CT molecular complexity index is 352. The van der Waals surface area contributed by atoms with E-state index in [1.54, 1.807) is 0 Å². The molecule has 3 saturated heterocycles. The van der Waals surface area contributed by atoms with Crippen molar-refractivity contribution >= 4 is 0 Å². The molecule has 0 amide bonds. The second kappa shape index (κ2) is 11.5. The molecule has 3 aliphatic rings. The highest BCUT2D eigenvalue weighted by Gasteiger charge is 2.43. The van der Waals surface area contributed by atoms with Gasteiger partial charge in [-0.1, -0.05) is 0 Å². The second-order valence-corrected chi connectivity index (χ2v) is 6.52. The third kappa shape index (κ3) is 6.99. The Morgan fingerprint density at radius 1 is 0.577 bits per heavy atom. The fraction of sp³-hybridized carbons (Fsp3) is 1.00. The van der Waals surface area contributed by atoms with Gasteiger partial charge in [0.2, 0.25) is 5.79 Å². The molecular formula is C17H31NO8. The van der Waals surface area contributed by atoms with E-state index in [1.807, 2.05) is 0 Å². The molecule has 26 heavy (non-hydrogen) atoms. The van der Waals surface area contributed by atoms with E-state index in [-0.39, 0.29) is 12.2 Å². The maximum atomic E-state index is 6.15. The molecule has 0 aromatic heterocycles. The number of nitrogens with one attached hydrogen (secondary N) is 1. The third-order valence-corrected chi connectivity index (χ3v) is 4.25. The van der Waals surface area contributed by atoms with Gasteiger partial charge < -0.3 is 43.2 Å². The van der Waals surface area contributed by atoms with Crippen molar-refractivity contribution in [1.29, 1.82) is 0 Å². The largest absolute Gasteiger partial charge is 0.377 e. The van der Waals surface area contributed by atoms with Gasteiger partial charge in [-0.05, 0) is 0 Å². The molecule has 3 atom stereocenters. The van der Waals surface area contributed by atoms with Gasteiger partial charge in [0.15, 0.2) is 0 Å². The van der Waals surface area contributed by atoms with Crippen molar-refractivity contribution in [3.8, 4) is 0 Å². The highest BCUT2D eigenvalue weighted by molar-refractivity contribution is 4.85. The summed E-state index contributed by atoms with van der Waals surface area (Å²) in [5, 5.41) is 3.35. The molecule has 3 fully saturated rings. The van der Waals surface area contributed by atoms with Gasteiger partial charge in [0.05, 0.1) is 85.3 Å². The van der Waals surface area contributed by atoms with Crippen molar-refractivity contribution in [3.05, 3.63) is 0 Å². The fourth-order valence-electron chi connectivity index (χ4n) is 3.07. The minimum Gasteiger partial charge on any atom is -0.377 e. The predicted octanol–water partition coefficient (Wildman–Crippen LogP) is -0.817. The molecule has 3 aliphatic heterocycles. The van der Waals surface area contributed by atoms with Gasteiger partial charge in [-0.15, -0.1) is 0 Å². The second-order valence-electron chi connectivity index (χ2n) is 6.52. The zero-order chi connectivity index (χ0) is 17.9. The van der Waals surface area contributed by atoms with E-state index in [9.17, 15) is 0 Å². The normalized spacial score (nSPS) is 36.9. The van der Waals surface area contributed by atoms with Gasteiger partial charge in [0.25, 0.3) is 0 Å². The number of rotatable bonds is 0. The molecule has 0 aliphatic carbocycles. The lowest BCUT2D eigenvalue weighted by molar-refractivity contribution is -0.345. The third-order valence-electron chi connectivity index (χ3n) is 4.25. The van der Waals surface area contributed by atoms with Crippen molar-refractivity contribution in [2.24, 2.45) is 0 Å². The molecule has 0 aromatic carbocycles. The van der Waals surface area contributed by atoms with Crippen LogP contribution in [-0.4, -0.2) is 110 Å². The van der Waals surface area contributed by atoms with E-state index in [1.165, 1.54) is 0 Å². The molecule has 3 rings (SSSR count). The van der Waals surface area contributed by atoms with Crippen molar-refractivity contribution in [2.45, 2.75) is 18.0 Å².